The standard InChI is InChI=1S/C10H22O3.C7H16O4/c1-2-3-4-5-7-12-9-10-13-8-6-11;1-9-4-5-11-7-6-10-3-2-8/h11H,2-10H2,1H3;8H,2-7H2,1H3. The normalized spacial score (nSPS) is 10.5. The van der Waals surface area contributed by atoms with Crippen LogP contribution in [0.2, 0.25) is 0 Å². The Bertz CT molecular complexity index is 176. The Morgan fingerprint density at radius 1 is 0.542 bits per heavy atom. The number of ether oxygens (including phenoxy) is 5. The smallest absolute Gasteiger partial charge is 0.0701 e. The van der Waals surface area contributed by atoms with E-state index in [2.05, 4.69) is 6.92 Å². The zero-order chi connectivity index (χ0) is 18.1. The lowest BCUT2D eigenvalue weighted by Crippen LogP contribution is -2.09. The van der Waals surface area contributed by atoms with Gasteiger partial charge in [0.05, 0.1) is 66.1 Å². The van der Waals surface area contributed by atoms with Gasteiger partial charge in [-0.3, -0.25) is 0 Å². The highest BCUT2D eigenvalue weighted by Gasteiger charge is 1.90. The van der Waals surface area contributed by atoms with Gasteiger partial charge in [-0.1, -0.05) is 26.2 Å². The van der Waals surface area contributed by atoms with Crippen molar-refractivity contribution in [2.45, 2.75) is 32.6 Å². The summed E-state index contributed by atoms with van der Waals surface area (Å²) in [6.07, 6.45) is 4.96. The van der Waals surface area contributed by atoms with Gasteiger partial charge < -0.3 is 33.9 Å². The second-order valence-corrected chi connectivity index (χ2v) is 4.95. The number of hydrogen-bond acceptors (Lipinski definition) is 7. The minimum Gasteiger partial charge on any atom is -0.394 e. The molecule has 0 bridgehead atoms. The quantitative estimate of drug-likeness (QED) is 0.358. The van der Waals surface area contributed by atoms with Crippen LogP contribution in [-0.4, -0.2) is 90.0 Å². The van der Waals surface area contributed by atoms with E-state index in [1.54, 1.807) is 7.11 Å². The van der Waals surface area contributed by atoms with Crippen LogP contribution in [0, 0.1) is 0 Å². The minimum absolute atomic E-state index is 0.0675. The molecule has 0 fully saturated rings. The lowest BCUT2D eigenvalue weighted by molar-refractivity contribution is 0.0159. The van der Waals surface area contributed by atoms with E-state index < -0.39 is 0 Å². The number of methoxy groups -OCH3 is 1. The van der Waals surface area contributed by atoms with E-state index in [4.69, 9.17) is 33.9 Å². The topological polar surface area (TPSA) is 86.6 Å². The summed E-state index contributed by atoms with van der Waals surface area (Å²) in [4.78, 5) is 0. The SMILES string of the molecule is CCCCCCOCCOCCO.COCCOCCOCCO. The average Bonchev–Trinajstić information content (AvgIpc) is 2.60. The van der Waals surface area contributed by atoms with Crippen molar-refractivity contribution in [2.75, 3.05) is 79.8 Å². The van der Waals surface area contributed by atoms with Crippen LogP contribution in [0.25, 0.3) is 0 Å². The van der Waals surface area contributed by atoms with Crippen molar-refractivity contribution < 1.29 is 33.9 Å². The summed E-state index contributed by atoms with van der Waals surface area (Å²) in [7, 11) is 1.63. The molecule has 0 spiro atoms. The molecule has 0 aromatic rings. The first-order chi connectivity index (χ1) is 11.8. The molecule has 7 heteroatoms. The molecule has 0 saturated heterocycles. The van der Waals surface area contributed by atoms with Crippen molar-refractivity contribution >= 4 is 0 Å². The fourth-order valence-corrected chi connectivity index (χ4v) is 1.55. The van der Waals surface area contributed by atoms with Gasteiger partial charge in [0.2, 0.25) is 0 Å². The van der Waals surface area contributed by atoms with Gasteiger partial charge >= 0.3 is 0 Å². The van der Waals surface area contributed by atoms with Gasteiger partial charge in [0.15, 0.2) is 0 Å². The molecule has 0 saturated carbocycles. The molecular formula is C17H38O7. The third-order valence-electron chi connectivity index (χ3n) is 2.79. The van der Waals surface area contributed by atoms with E-state index in [9.17, 15) is 0 Å². The van der Waals surface area contributed by atoms with Crippen molar-refractivity contribution in [1.29, 1.82) is 0 Å². The van der Waals surface area contributed by atoms with Crippen LogP contribution in [0.5, 0.6) is 0 Å². The third-order valence-corrected chi connectivity index (χ3v) is 2.79. The van der Waals surface area contributed by atoms with E-state index >= 15 is 0 Å². The Hall–Kier alpha value is -0.280. The summed E-state index contributed by atoms with van der Waals surface area (Å²) < 4.78 is 25.2. The summed E-state index contributed by atoms with van der Waals surface area (Å²) in [5.41, 5.74) is 0. The number of unbranched alkanes of at least 4 members (excludes halogenated alkanes) is 3. The van der Waals surface area contributed by atoms with Crippen LogP contribution in [0.4, 0.5) is 0 Å². The molecule has 24 heavy (non-hydrogen) atoms. The zero-order valence-corrected chi connectivity index (χ0v) is 15.5. The van der Waals surface area contributed by atoms with Gasteiger partial charge in [0, 0.05) is 13.7 Å². The minimum atomic E-state index is 0.0675. The number of hydrogen-bond donors (Lipinski definition) is 2. The van der Waals surface area contributed by atoms with E-state index in [1.165, 1.54) is 19.3 Å². The second kappa shape index (κ2) is 27.6. The maximum absolute atomic E-state index is 8.40. The Kier molecular flexibility index (Phi) is 29.8. The Morgan fingerprint density at radius 2 is 1.00 bits per heavy atom. The largest absolute Gasteiger partial charge is 0.394 e. The number of aliphatic hydroxyl groups is 2. The molecule has 0 radical (unpaired) electrons. The van der Waals surface area contributed by atoms with Crippen molar-refractivity contribution in [3.63, 3.8) is 0 Å². The molecule has 7 nitrogen and oxygen atoms in total. The van der Waals surface area contributed by atoms with Gasteiger partial charge in [-0.15, -0.1) is 0 Å². The van der Waals surface area contributed by atoms with Crippen LogP contribution in [-0.2, 0) is 23.7 Å². The van der Waals surface area contributed by atoms with Crippen molar-refractivity contribution in [3.05, 3.63) is 0 Å². The molecule has 0 rings (SSSR count). The number of rotatable bonds is 18. The zero-order valence-electron chi connectivity index (χ0n) is 15.5. The maximum atomic E-state index is 8.40. The Labute approximate surface area is 147 Å². The van der Waals surface area contributed by atoms with Gasteiger partial charge in [0.25, 0.3) is 0 Å². The van der Waals surface area contributed by atoms with Crippen molar-refractivity contribution in [2.24, 2.45) is 0 Å². The monoisotopic (exact) mass is 354 g/mol. The molecule has 2 N–H and O–H groups in total. The fraction of sp³-hybridized carbons (Fsp3) is 1.00. The summed E-state index contributed by atoms with van der Waals surface area (Å²) >= 11 is 0. The third kappa shape index (κ3) is 29.7. The average molecular weight is 354 g/mol. The van der Waals surface area contributed by atoms with E-state index in [0.717, 1.165) is 13.0 Å². The Morgan fingerprint density at radius 3 is 1.46 bits per heavy atom. The second-order valence-electron chi connectivity index (χ2n) is 4.95. The highest BCUT2D eigenvalue weighted by atomic mass is 16.5. The molecule has 0 aromatic carbocycles. The molecular weight excluding hydrogens is 316 g/mol. The first kappa shape index (κ1) is 26.0. The van der Waals surface area contributed by atoms with Crippen LogP contribution in [0.15, 0.2) is 0 Å². The highest BCUT2D eigenvalue weighted by molar-refractivity contribution is 4.39. The van der Waals surface area contributed by atoms with E-state index in [1.807, 2.05) is 0 Å². The van der Waals surface area contributed by atoms with Gasteiger partial charge in [-0.2, -0.15) is 0 Å². The predicted molar refractivity (Wildman–Crippen MR) is 93.5 cm³/mol. The predicted octanol–water partition coefficient (Wildman–Crippen LogP) is 1.25. The fourth-order valence-electron chi connectivity index (χ4n) is 1.55. The summed E-state index contributed by atoms with van der Waals surface area (Å²) in [6.45, 7) is 7.53. The van der Waals surface area contributed by atoms with Crippen LogP contribution < -0.4 is 0 Å². The molecule has 0 atom stereocenters. The summed E-state index contributed by atoms with van der Waals surface area (Å²) in [5.74, 6) is 0. The Balaban J connectivity index is 0. The first-order valence-electron chi connectivity index (χ1n) is 8.85. The van der Waals surface area contributed by atoms with Crippen LogP contribution in [0.3, 0.4) is 0 Å². The van der Waals surface area contributed by atoms with Crippen LogP contribution in [0.1, 0.15) is 32.6 Å². The molecule has 0 amide bonds. The molecule has 0 aliphatic heterocycles. The lowest BCUT2D eigenvalue weighted by atomic mass is 10.2. The molecule has 0 aliphatic carbocycles. The lowest BCUT2D eigenvalue weighted by Gasteiger charge is -2.04. The molecule has 0 heterocycles. The molecule has 0 unspecified atom stereocenters. The maximum Gasteiger partial charge on any atom is 0.0701 e. The van der Waals surface area contributed by atoms with Crippen molar-refractivity contribution in [1.82, 2.24) is 0 Å². The molecule has 0 aliphatic rings. The van der Waals surface area contributed by atoms with E-state index in [0.29, 0.717) is 52.9 Å². The van der Waals surface area contributed by atoms with Gasteiger partial charge in [-0.05, 0) is 6.42 Å². The highest BCUT2D eigenvalue weighted by Crippen LogP contribution is 1.98. The summed E-state index contributed by atoms with van der Waals surface area (Å²) in [5, 5.41) is 16.7. The van der Waals surface area contributed by atoms with Gasteiger partial charge in [-0.25, -0.2) is 0 Å². The molecule has 148 valence electrons. The summed E-state index contributed by atoms with van der Waals surface area (Å²) in [6, 6.07) is 0. The van der Waals surface area contributed by atoms with E-state index in [-0.39, 0.29) is 13.2 Å². The van der Waals surface area contributed by atoms with Gasteiger partial charge in [0.1, 0.15) is 0 Å². The first-order valence-corrected chi connectivity index (χ1v) is 8.85. The molecule has 0 aromatic heterocycles. The van der Waals surface area contributed by atoms with Crippen molar-refractivity contribution in [3.8, 4) is 0 Å². The number of aliphatic hydroxyl groups excluding tert-OH is 2. The van der Waals surface area contributed by atoms with Crippen LogP contribution >= 0.6 is 0 Å².